The molecule has 0 heterocycles. The van der Waals surface area contributed by atoms with Crippen LogP contribution in [0.2, 0.25) is 10.0 Å². The molecule has 0 aliphatic carbocycles. The zero-order valence-corrected chi connectivity index (χ0v) is 22.9. The molecule has 1 N–H and O–H groups in total. The maximum Gasteiger partial charge on any atom is 0.243 e. The number of likely N-dealkylation sites (N-methyl/N-ethyl adjacent to an activating group) is 1. The van der Waals surface area contributed by atoms with Gasteiger partial charge in [-0.25, -0.2) is 8.42 Å². The number of unbranched alkanes of at least 4 members (excludes halogenated alkanes) is 1. The van der Waals surface area contributed by atoms with E-state index in [1.54, 1.807) is 37.3 Å². The predicted octanol–water partition coefficient (Wildman–Crippen LogP) is 4.65. The Hall–Kier alpha value is -2.13. The maximum absolute atomic E-state index is 13.5. The summed E-state index contributed by atoms with van der Waals surface area (Å²) in [6, 6.07) is 10.6. The SMILES string of the molecule is CCCCNC(=O)[C@H](CC)N(Cc1c(Cl)cccc1Cl)C(=O)CN(C)S(=O)(=O)c1ccc(C)cc1. The third-order valence-electron chi connectivity index (χ3n) is 5.69. The minimum atomic E-state index is -3.91. The van der Waals surface area contributed by atoms with Gasteiger partial charge in [-0.2, -0.15) is 4.31 Å². The number of halogens is 2. The Bertz CT molecular complexity index is 1100. The number of benzene rings is 2. The van der Waals surface area contributed by atoms with E-state index in [0.29, 0.717) is 28.6 Å². The molecule has 0 aliphatic heterocycles. The molecule has 2 aromatic rings. The Labute approximate surface area is 218 Å². The normalized spacial score (nSPS) is 12.4. The summed E-state index contributed by atoms with van der Waals surface area (Å²) in [5.41, 5.74) is 1.42. The first-order chi connectivity index (χ1) is 16.5. The lowest BCUT2D eigenvalue weighted by molar-refractivity contribution is -0.141. The molecule has 0 fully saturated rings. The quantitative estimate of drug-likeness (QED) is 0.396. The van der Waals surface area contributed by atoms with Gasteiger partial charge < -0.3 is 10.2 Å². The van der Waals surface area contributed by atoms with Crippen LogP contribution in [0.4, 0.5) is 0 Å². The highest BCUT2D eigenvalue weighted by atomic mass is 35.5. The van der Waals surface area contributed by atoms with E-state index < -0.39 is 28.5 Å². The van der Waals surface area contributed by atoms with E-state index in [1.807, 2.05) is 13.8 Å². The monoisotopic (exact) mass is 541 g/mol. The Morgan fingerprint density at radius 1 is 1.03 bits per heavy atom. The van der Waals surface area contributed by atoms with E-state index >= 15 is 0 Å². The molecule has 35 heavy (non-hydrogen) atoms. The van der Waals surface area contributed by atoms with Crippen LogP contribution < -0.4 is 5.32 Å². The molecule has 7 nitrogen and oxygen atoms in total. The lowest BCUT2D eigenvalue weighted by atomic mass is 10.1. The predicted molar refractivity (Wildman–Crippen MR) is 140 cm³/mol. The van der Waals surface area contributed by atoms with Crippen LogP contribution in [0.15, 0.2) is 47.4 Å². The summed E-state index contributed by atoms with van der Waals surface area (Å²) in [4.78, 5) is 27.9. The van der Waals surface area contributed by atoms with Crippen molar-refractivity contribution in [1.29, 1.82) is 0 Å². The fraction of sp³-hybridized carbons (Fsp3) is 0.440. The van der Waals surface area contributed by atoms with Crippen molar-refractivity contribution in [1.82, 2.24) is 14.5 Å². The van der Waals surface area contributed by atoms with Crippen molar-refractivity contribution in [3.63, 3.8) is 0 Å². The molecule has 0 aliphatic rings. The van der Waals surface area contributed by atoms with Gasteiger partial charge >= 0.3 is 0 Å². The van der Waals surface area contributed by atoms with Crippen molar-refractivity contribution >= 4 is 45.0 Å². The van der Waals surface area contributed by atoms with Gasteiger partial charge in [-0.15, -0.1) is 0 Å². The third-order valence-corrected chi connectivity index (χ3v) is 8.22. The topological polar surface area (TPSA) is 86.8 Å². The number of nitrogens with one attached hydrogen (secondary N) is 1. The van der Waals surface area contributed by atoms with Gasteiger partial charge in [0.1, 0.15) is 6.04 Å². The lowest BCUT2D eigenvalue weighted by Crippen LogP contribution is -2.52. The van der Waals surface area contributed by atoms with Crippen LogP contribution >= 0.6 is 23.2 Å². The van der Waals surface area contributed by atoms with Crippen molar-refractivity contribution < 1.29 is 18.0 Å². The molecule has 2 amide bonds. The van der Waals surface area contributed by atoms with E-state index in [2.05, 4.69) is 5.32 Å². The van der Waals surface area contributed by atoms with Crippen molar-refractivity contribution in [2.24, 2.45) is 0 Å². The first-order valence-electron chi connectivity index (χ1n) is 11.6. The second kappa shape index (κ2) is 13.3. The number of aryl methyl sites for hydroxylation is 1. The fourth-order valence-corrected chi connectivity index (χ4v) is 5.17. The van der Waals surface area contributed by atoms with Crippen LogP contribution in [0.25, 0.3) is 0 Å². The highest BCUT2D eigenvalue weighted by Gasteiger charge is 2.32. The number of amides is 2. The molecular formula is C25H33Cl2N3O4S. The number of rotatable bonds is 12. The second-order valence-corrected chi connectivity index (χ2v) is 11.2. The van der Waals surface area contributed by atoms with Crippen LogP contribution in [0.3, 0.4) is 0 Å². The average molecular weight is 543 g/mol. The zero-order chi connectivity index (χ0) is 26.2. The number of hydrogen-bond donors (Lipinski definition) is 1. The fourth-order valence-electron chi connectivity index (χ4n) is 3.54. The van der Waals surface area contributed by atoms with E-state index in [0.717, 1.165) is 22.7 Å². The Balaban J connectivity index is 2.35. The van der Waals surface area contributed by atoms with Crippen LogP contribution in [0, 0.1) is 6.92 Å². The first-order valence-corrected chi connectivity index (χ1v) is 13.8. The Kier molecular flexibility index (Phi) is 11.0. The zero-order valence-electron chi connectivity index (χ0n) is 20.6. The minimum Gasteiger partial charge on any atom is -0.354 e. The van der Waals surface area contributed by atoms with Crippen LogP contribution in [0.5, 0.6) is 0 Å². The average Bonchev–Trinajstić information content (AvgIpc) is 2.81. The van der Waals surface area contributed by atoms with Gasteiger partial charge in [0.15, 0.2) is 0 Å². The highest BCUT2D eigenvalue weighted by molar-refractivity contribution is 7.89. The molecule has 0 spiro atoms. The molecule has 0 bridgehead atoms. The first kappa shape index (κ1) is 29.1. The third kappa shape index (κ3) is 7.67. The van der Waals surface area contributed by atoms with Gasteiger partial charge in [0, 0.05) is 35.7 Å². The Morgan fingerprint density at radius 3 is 2.17 bits per heavy atom. The lowest BCUT2D eigenvalue weighted by Gasteiger charge is -2.32. The van der Waals surface area contributed by atoms with Crippen molar-refractivity contribution in [2.45, 2.75) is 57.5 Å². The molecular weight excluding hydrogens is 509 g/mol. The second-order valence-electron chi connectivity index (χ2n) is 8.36. The molecule has 0 saturated heterocycles. The molecule has 0 aromatic heterocycles. The number of carbonyl (C=O) groups excluding carboxylic acids is 2. The standard InChI is InChI=1S/C25H33Cl2N3O4S/c1-5-7-15-28-25(32)23(6-2)30(16-20-21(26)9-8-10-22(20)27)24(31)17-29(4)35(33,34)19-13-11-18(3)12-14-19/h8-14,23H,5-7,15-17H2,1-4H3,(H,28,32)/t23-/m0/s1. The van der Waals surface area contributed by atoms with Gasteiger partial charge in [0.05, 0.1) is 11.4 Å². The summed E-state index contributed by atoms with van der Waals surface area (Å²) >= 11 is 12.7. The summed E-state index contributed by atoms with van der Waals surface area (Å²) in [6.45, 7) is 5.68. The Morgan fingerprint density at radius 2 is 1.63 bits per heavy atom. The van der Waals surface area contributed by atoms with E-state index in [9.17, 15) is 18.0 Å². The van der Waals surface area contributed by atoms with E-state index in [4.69, 9.17) is 23.2 Å². The molecule has 2 aromatic carbocycles. The molecule has 192 valence electrons. The number of nitrogens with zero attached hydrogens (tertiary/aromatic N) is 2. The van der Waals surface area contributed by atoms with Gasteiger partial charge in [-0.3, -0.25) is 9.59 Å². The van der Waals surface area contributed by atoms with Gasteiger partial charge in [0.2, 0.25) is 21.8 Å². The molecule has 1 atom stereocenters. The summed E-state index contributed by atoms with van der Waals surface area (Å²) in [5.74, 6) is -0.835. The number of sulfonamides is 1. The van der Waals surface area contributed by atoms with Crippen molar-refractivity contribution in [3.05, 3.63) is 63.6 Å². The van der Waals surface area contributed by atoms with Crippen molar-refractivity contribution in [2.75, 3.05) is 20.1 Å². The molecule has 0 radical (unpaired) electrons. The summed E-state index contributed by atoms with van der Waals surface area (Å²) < 4.78 is 27.1. The van der Waals surface area contributed by atoms with Gasteiger partial charge in [0.25, 0.3) is 0 Å². The smallest absolute Gasteiger partial charge is 0.243 e. The van der Waals surface area contributed by atoms with Gasteiger partial charge in [-0.05, 0) is 44.0 Å². The molecule has 0 saturated carbocycles. The number of hydrogen-bond acceptors (Lipinski definition) is 4. The number of carbonyl (C=O) groups is 2. The van der Waals surface area contributed by atoms with Gasteiger partial charge in [-0.1, -0.05) is 67.2 Å². The summed E-state index contributed by atoms with van der Waals surface area (Å²) in [6.07, 6.45) is 2.06. The van der Waals surface area contributed by atoms with Crippen LogP contribution in [-0.2, 0) is 26.2 Å². The van der Waals surface area contributed by atoms with E-state index in [-0.39, 0.29) is 17.3 Å². The molecule has 2 rings (SSSR count). The van der Waals surface area contributed by atoms with Crippen molar-refractivity contribution in [3.8, 4) is 0 Å². The van der Waals surface area contributed by atoms with Crippen LogP contribution in [0.1, 0.15) is 44.2 Å². The molecule has 0 unspecified atom stereocenters. The minimum absolute atomic E-state index is 0.0323. The summed E-state index contributed by atoms with van der Waals surface area (Å²) in [5, 5.41) is 3.59. The summed E-state index contributed by atoms with van der Waals surface area (Å²) in [7, 11) is -2.57. The van der Waals surface area contributed by atoms with Crippen LogP contribution in [-0.4, -0.2) is 55.6 Å². The maximum atomic E-state index is 13.5. The molecule has 10 heteroatoms. The van der Waals surface area contributed by atoms with E-state index in [1.165, 1.54) is 24.1 Å². The largest absolute Gasteiger partial charge is 0.354 e. The highest BCUT2D eigenvalue weighted by Crippen LogP contribution is 2.27.